The molecule has 2 nitrogen and oxygen atoms in total. The average molecular weight is 360 g/mol. The molecule has 0 radical (unpaired) electrons. The van der Waals surface area contributed by atoms with Gasteiger partial charge in [-0.2, -0.15) is 22.0 Å². The second-order valence-corrected chi connectivity index (χ2v) is 4.59. The molecule has 0 aromatic heterocycles. The Morgan fingerprint density at radius 1 is 1.31 bits per heavy atom. The van der Waals surface area contributed by atoms with Crippen LogP contribution < -0.4 is 0 Å². The smallest absolute Gasteiger partial charge is 0.375 e. The lowest BCUT2D eigenvalue weighted by Gasteiger charge is -2.43. The van der Waals surface area contributed by atoms with E-state index in [9.17, 15) is 22.0 Å². The molecule has 0 spiro atoms. The summed E-state index contributed by atoms with van der Waals surface area (Å²) in [6, 6.07) is 0. The first-order chi connectivity index (χ1) is 7.14. The zero-order valence-corrected chi connectivity index (χ0v) is 10.4. The van der Waals surface area contributed by atoms with Crippen molar-refractivity contribution in [3.05, 3.63) is 0 Å². The molecule has 96 valence electrons. The molecule has 2 atom stereocenters. The van der Waals surface area contributed by atoms with Crippen LogP contribution in [0.25, 0.3) is 0 Å². The van der Waals surface area contributed by atoms with Crippen LogP contribution in [0.5, 0.6) is 0 Å². The topological polar surface area (TPSA) is 18.5 Å². The van der Waals surface area contributed by atoms with Crippen LogP contribution >= 0.6 is 22.6 Å². The highest BCUT2D eigenvalue weighted by Crippen LogP contribution is 2.46. The second kappa shape index (κ2) is 4.52. The minimum atomic E-state index is -5.64. The Balaban J connectivity index is 2.92. The molecule has 16 heavy (non-hydrogen) atoms. The predicted molar refractivity (Wildman–Crippen MR) is 54.0 cm³/mol. The molecule has 0 aliphatic carbocycles. The lowest BCUT2D eigenvalue weighted by atomic mass is 9.96. The van der Waals surface area contributed by atoms with E-state index in [0.717, 1.165) is 6.92 Å². The van der Waals surface area contributed by atoms with Gasteiger partial charge in [-0.25, -0.2) is 0 Å². The van der Waals surface area contributed by atoms with Crippen LogP contribution in [0.2, 0.25) is 0 Å². The molecule has 2 unspecified atom stereocenters. The molecular weight excluding hydrogens is 350 g/mol. The molecule has 1 aliphatic heterocycles. The molecule has 0 aromatic rings. The van der Waals surface area contributed by atoms with E-state index in [4.69, 9.17) is 9.47 Å². The van der Waals surface area contributed by atoms with Gasteiger partial charge in [0.05, 0.1) is 19.3 Å². The van der Waals surface area contributed by atoms with E-state index < -0.39 is 30.4 Å². The number of halogens is 6. The fourth-order valence-corrected chi connectivity index (χ4v) is 1.80. The van der Waals surface area contributed by atoms with E-state index in [1.54, 1.807) is 0 Å². The van der Waals surface area contributed by atoms with Gasteiger partial charge in [0.25, 0.3) is 0 Å². The van der Waals surface area contributed by atoms with Gasteiger partial charge in [0.2, 0.25) is 0 Å². The molecule has 0 saturated carbocycles. The SMILES string of the molecule is CC1(C(F)(F)C(F)(F)F)COCC(CI)O1. The van der Waals surface area contributed by atoms with E-state index in [1.807, 2.05) is 22.6 Å². The fourth-order valence-electron chi connectivity index (χ4n) is 1.36. The minimum absolute atomic E-state index is 0.0342. The van der Waals surface area contributed by atoms with E-state index >= 15 is 0 Å². The molecule has 1 fully saturated rings. The first-order valence-corrected chi connectivity index (χ1v) is 5.92. The van der Waals surface area contributed by atoms with Crippen molar-refractivity contribution in [3.63, 3.8) is 0 Å². The minimum Gasteiger partial charge on any atom is -0.375 e. The van der Waals surface area contributed by atoms with Crippen molar-refractivity contribution >= 4 is 22.6 Å². The van der Waals surface area contributed by atoms with Gasteiger partial charge in [-0.15, -0.1) is 0 Å². The molecule has 1 rings (SSSR count). The first-order valence-electron chi connectivity index (χ1n) is 4.40. The molecule has 8 heteroatoms. The standard InChI is InChI=1S/C8H10F5IO2/c1-6(7(9,10)8(11,12)13)4-15-3-5(2-14)16-6/h5H,2-4H2,1H3. The van der Waals surface area contributed by atoms with E-state index in [2.05, 4.69) is 0 Å². The average Bonchev–Trinajstić information content (AvgIpc) is 2.16. The molecule has 1 heterocycles. The van der Waals surface area contributed by atoms with Crippen LogP contribution in [0.3, 0.4) is 0 Å². The van der Waals surface area contributed by atoms with Gasteiger partial charge in [-0.05, 0) is 6.92 Å². The van der Waals surface area contributed by atoms with Crippen LogP contribution in [0, 0.1) is 0 Å². The number of alkyl halides is 6. The third-order valence-electron chi connectivity index (χ3n) is 2.30. The molecular formula is C8H10F5IO2. The van der Waals surface area contributed by atoms with Gasteiger partial charge in [0.15, 0.2) is 5.60 Å². The summed E-state index contributed by atoms with van der Waals surface area (Å²) in [6.07, 6.45) is -6.38. The van der Waals surface area contributed by atoms with Crippen molar-refractivity contribution in [2.75, 3.05) is 17.6 Å². The third-order valence-corrected chi connectivity index (χ3v) is 3.28. The molecule has 1 saturated heterocycles. The maximum absolute atomic E-state index is 13.2. The Hall–Kier alpha value is 0.300. The summed E-state index contributed by atoms with van der Waals surface area (Å²) in [5.74, 6) is -4.93. The summed E-state index contributed by atoms with van der Waals surface area (Å²) in [4.78, 5) is 0. The van der Waals surface area contributed by atoms with Crippen molar-refractivity contribution < 1.29 is 31.4 Å². The monoisotopic (exact) mass is 360 g/mol. The van der Waals surface area contributed by atoms with Crippen molar-refractivity contribution in [1.29, 1.82) is 0 Å². The molecule has 0 N–H and O–H groups in total. The van der Waals surface area contributed by atoms with Crippen molar-refractivity contribution in [2.24, 2.45) is 0 Å². The van der Waals surface area contributed by atoms with Gasteiger partial charge in [-0.3, -0.25) is 0 Å². The van der Waals surface area contributed by atoms with Gasteiger partial charge >= 0.3 is 12.1 Å². The maximum atomic E-state index is 13.2. The van der Waals surface area contributed by atoms with E-state index in [1.165, 1.54) is 0 Å². The third kappa shape index (κ3) is 2.42. The molecule has 0 bridgehead atoms. The normalized spacial score (nSPS) is 32.8. The Labute approximate surface area is 103 Å². The van der Waals surface area contributed by atoms with E-state index in [-0.39, 0.29) is 6.61 Å². The number of hydrogen-bond donors (Lipinski definition) is 0. The molecule has 0 amide bonds. The van der Waals surface area contributed by atoms with Crippen LogP contribution in [0.15, 0.2) is 0 Å². The highest BCUT2D eigenvalue weighted by atomic mass is 127. The lowest BCUT2D eigenvalue weighted by molar-refractivity contribution is -0.370. The quantitative estimate of drug-likeness (QED) is 0.429. The summed E-state index contributed by atoms with van der Waals surface area (Å²) in [7, 11) is 0. The predicted octanol–water partition coefficient (Wildman–Crippen LogP) is 2.79. The number of hydrogen-bond acceptors (Lipinski definition) is 2. The Morgan fingerprint density at radius 2 is 1.88 bits per heavy atom. The summed E-state index contributed by atoms with van der Waals surface area (Å²) in [5.41, 5.74) is -2.65. The van der Waals surface area contributed by atoms with Crippen molar-refractivity contribution in [2.45, 2.75) is 30.7 Å². The second-order valence-electron chi connectivity index (χ2n) is 3.71. The van der Waals surface area contributed by atoms with Crippen LogP contribution in [0.4, 0.5) is 22.0 Å². The first kappa shape index (κ1) is 14.4. The number of rotatable bonds is 2. The van der Waals surface area contributed by atoms with Gasteiger partial charge < -0.3 is 9.47 Å². The Bertz CT molecular complexity index is 257. The zero-order chi connectivity index (χ0) is 12.6. The van der Waals surface area contributed by atoms with Crippen LogP contribution in [0.1, 0.15) is 6.92 Å². The molecule has 1 aliphatic rings. The highest BCUT2D eigenvalue weighted by molar-refractivity contribution is 14.1. The highest BCUT2D eigenvalue weighted by Gasteiger charge is 2.70. The largest absolute Gasteiger partial charge is 0.456 e. The molecule has 0 aromatic carbocycles. The summed E-state index contributed by atoms with van der Waals surface area (Å²) in [5, 5.41) is 0. The van der Waals surface area contributed by atoms with Crippen molar-refractivity contribution in [3.8, 4) is 0 Å². The van der Waals surface area contributed by atoms with Gasteiger partial charge in [0, 0.05) is 4.43 Å². The fraction of sp³-hybridized carbons (Fsp3) is 1.00. The Kier molecular flexibility index (Phi) is 4.06. The number of ether oxygens (including phenoxy) is 2. The summed E-state index contributed by atoms with van der Waals surface area (Å²) in [6.45, 7) is -0.0158. The zero-order valence-electron chi connectivity index (χ0n) is 8.28. The van der Waals surface area contributed by atoms with Crippen molar-refractivity contribution in [1.82, 2.24) is 0 Å². The summed E-state index contributed by atoms with van der Waals surface area (Å²) >= 11 is 1.84. The Morgan fingerprint density at radius 3 is 2.31 bits per heavy atom. The van der Waals surface area contributed by atoms with Gasteiger partial charge in [-0.1, -0.05) is 22.6 Å². The van der Waals surface area contributed by atoms with Gasteiger partial charge in [0.1, 0.15) is 0 Å². The van der Waals surface area contributed by atoms with E-state index in [0.29, 0.717) is 4.43 Å². The lowest BCUT2D eigenvalue weighted by Crippen LogP contribution is -2.63. The summed E-state index contributed by atoms with van der Waals surface area (Å²) < 4.78 is 72.8. The maximum Gasteiger partial charge on any atom is 0.456 e. The van der Waals surface area contributed by atoms with Crippen LogP contribution in [-0.4, -0.2) is 41.4 Å². The van der Waals surface area contributed by atoms with Crippen LogP contribution in [-0.2, 0) is 9.47 Å².